The van der Waals surface area contributed by atoms with Crippen LogP contribution in [0.2, 0.25) is 0 Å². The van der Waals surface area contributed by atoms with Gasteiger partial charge in [-0.2, -0.15) is 0 Å². The van der Waals surface area contributed by atoms with Gasteiger partial charge in [0.15, 0.2) is 11.6 Å². The first-order chi connectivity index (χ1) is 9.06. The Morgan fingerprint density at radius 1 is 1.26 bits per heavy atom. The molecule has 2 aromatic carbocycles. The second-order valence-electron chi connectivity index (χ2n) is 4.44. The van der Waals surface area contributed by atoms with Gasteiger partial charge in [-0.15, -0.1) is 0 Å². The average molecular weight is 324 g/mol. The molecule has 0 spiro atoms. The van der Waals surface area contributed by atoms with E-state index in [4.69, 9.17) is 5.11 Å². The van der Waals surface area contributed by atoms with Crippen LogP contribution in [0.15, 0.2) is 46.9 Å². The monoisotopic (exact) mass is 323 g/mol. The average Bonchev–Trinajstić information content (AvgIpc) is 2.40. The molecule has 0 saturated heterocycles. The molecule has 0 aliphatic carbocycles. The lowest BCUT2D eigenvalue weighted by Crippen LogP contribution is -2.18. The summed E-state index contributed by atoms with van der Waals surface area (Å²) >= 11 is 3.44. The Hall–Kier alpha value is -1.39. The third-order valence-corrected chi connectivity index (χ3v) is 3.47. The predicted molar refractivity (Wildman–Crippen MR) is 77.5 cm³/mol. The number of nitrogens with one attached hydrogen (secondary N) is 1. The van der Waals surface area contributed by atoms with E-state index in [0.717, 1.165) is 15.6 Å². The summed E-state index contributed by atoms with van der Waals surface area (Å²) in [6, 6.07) is 12.6. The summed E-state index contributed by atoms with van der Waals surface area (Å²) in [6.45, 7) is 2.60. The maximum atomic E-state index is 13.2. The molecule has 2 rings (SSSR count). The van der Waals surface area contributed by atoms with E-state index in [2.05, 4.69) is 34.2 Å². The van der Waals surface area contributed by atoms with Gasteiger partial charge in [-0.25, -0.2) is 4.39 Å². The minimum Gasteiger partial charge on any atom is -0.505 e. The second kappa shape index (κ2) is 6.17. The lowest BCUT2D eigenvalue weighted by Gasteiger charge is -2.14. The van der Waals surface area contributed by atoms with Gasteiger partial charge >= 0.3 is 0 Å². The fourth-order valence-electron chi connectivity index (χ4n) is 1.83. The second-order valence-corrected chi connectivity index (χ2v) is 5.36. The number of phenolic OH excluding ortho intramolecular Hbond substituents is 1. The Labute approximate surface area is 120 Å². The van der Waals surface area contributed by atoms with Gasteiger partial charge in [-0.1, -0.05) is 34.1 Å². The van der Waals surface area contributed by atoms with Crippen molar-refractivity contribution in [3.05, 3.63) is 63.9 Å². The van der Waals surface area contributed by atoms with Gasteiger partial charge in [0.1, 0.15) is 0 Å². The van der Waals surface area contributed by atoms with Gasteiger partial charge in [-0.05, 0) is 42.3 Å². The van der Waals surface area contributed by atoms with Crippen molar-refractivity contribution in [2.24, 2.45) is 0 Å². The van der Waals surface area contributed by atoms with E-state index in [-0.39, 0.29) is 11.8 Å². The molecule has 2 N–H and O–H groups in total. The summed E-state index contributed by atoms with van der Waals surface area (Å²) in [5, 5.41) is 12.4. The Morgan fingerprint density at radius 3 is 2.74 bits per heavy atom. The van der Waals surface area contributed by atoms with E-state index in [1.165, 1.54) is 12.1 Å². The van der Waals surface area contributed by atoms with Crippen molar-refractivity contribution in [3.8, 4) is 5.75 Å². The van der Waals surface area contributed by atoms with Crippen molar-refractivity contribution in [1.29, 1.82) is 0 Å². The van der Waals surface area contributed by atoms with Gasteiger partial charge in [0.05, 0.1) is 0 Å². The SMILES string of the molecule is C[C@H](NCc1ccc(O)c(F)c1)c1cccc(Br)c1. The zero-order valence-electron chi connectivity index (χ0n) is 10.5. The zero-order valence-corrected chi connectivity index (χ0v) is 12.1. The lowest BCUT2D eigenvalue weighted by molar-refractivity contribution is 0.431. The Balaban J connectivity index is 2.00. The molecule has 1 atom stereocenters. The molecule has 4 heteroatoms. The highest BCUT2D eigenvalue weighted by Gasteiger charge is 2.06. The van der Waals surface area contributed by atoms with Crippen LogP contribution in [0, 0.1) is 5.82 Å². The molecule has 0 aromatic heterocycles. The summed E-state index contributed by atoms with van der Waals surface area (Å²) in [7, 11) is 0. The zero-order chi connectivity index (χ0) is 13.8. The minimum atomic E-state index is -0.589. The molecule has 0 amide bonds. The van der Waals surface area contributed by atoms with Gasteiger partial charge in [-0.3, -0.25) is 0 Å². The highest BCUT2D eigenvalue weighted by Crippen LogP contribution is 2.19. The standard InChI is InChI=1S/C15H15BrFNO/c1-10(12-3-2-4-13(16)8-12)18-9-11-5-6-15(19)14(17)7-11/h2-8,10,18-19H,9H2,1H3/t10-/m0/s1. The third kappa shape index (κ3) is 3.78. The molecule has 0 radical (unpaired) electrons. The molecule has 0 fully saturated rings. The normalized spacial score (nSPS) is 12.4. The predicted octanol–water partition coefficient (Wildman–Crippen LogP) is 4.14. The van der Waals surface area contributed by atoms with Crippen LogP contribution in [0.5, 0.6) is 5.75 Å². The van der Waals surface area contributed by atoms with E-state index in [9.17, 15) is 4.39 Å². The van der Waals surface area contributed by atoms with Crippen molar-refractivity contribution in [3.63, 3.8) is 0 Å². The maximum Gasteiger partial charge on any atom is 0.165 e. The number of aromatic hydroxyl groups is 1. The first kappa shape index (κ1) is 14.0. The number of hydrogen-bond acceptors (Lipinski definition) is 2. The number of halogens is 2. The van der Waals surface area contributed by atoms with Crippen LogP contribution in [0.4, 0.5) is 4.39 Å². The Kier molecular flexibility index (Phi) is 4.56. The first-order valence-electron chi connectivity index (χ1n) is 6.02. The summed E-state index contributed by atoms with van der Waals surface area (Å²) in [6.07, 6.45) is 0. The van der Waals surface area contributed by atoms with Crippen LogP contribution in [-0.2, 0) is 6.54 Å². The van der Waals surface area contributed by atoms with E-state index >= 15 is 0 Å². The van der Waals surface area contributed by atoms with Crippen molar-refractivity contribution in [2.75, 3.05) is 0 Å². The summed E-state index contributed by atoms with van der Waals surface area (Å²) in [4.78, 5) is 0. The number of hydrogen-bond donors (Lipinski definition) is 2. The number of benzene rings is 2. The molecule has 0 heterocycles. The Morgan fingerprint density at radius 2 is 2.05 bits per heavy atom. The van der Waals surface area contributed by atoms with E-state index in [0.29, 0.717) is 6.54 Å². The Bertz CT molecular complexity index is 574. The van der Waals surface area contributed by atoms with Crippen molar-refractivity contribution >= 4 is 15.9 Å². The fraction of sp³-hybridized carbons (Fsp3) is 0.200. The highest BCUT2D eigenvalue weighted by atomic mass is 79.9. The van der Waals surface area contributed by atoms with E-state index in [1.807, 2.05) is 18.2 Å². The molecule has 2 nitrogen and oxygen atoms in total. The van der Waals surface area contributed by atoms with Crippen molar-refractivity contribution in [2.45, 2.75) is 19.5 Å². The van der Waals surface area contributed by atoms with Crippen LogP contribution in [0.1, 0.15) is 24.1 Å². The quantitative estimate of drug-likeness (QED) is 0.886. The smallest absolute Gasteiger partial charge is 0.165 e. The summed E-state index contributed by atoms with van der Waals surface area (Å²) < 4.78 is 14.2. The van der Waals surface area contributed by atoms with Gasteiger partial charge in [0.2, 0.25) is 0 Å². The molecule has 2 aromatic rings. The largest absolute Gasteiger partial charge is 0.505 e. The summed E-state index contributed by atoms with van der Waals surface area (Å²) in [5.74, 6) is -0.904. The number of phenols is 1. The van der Waals surface area contributed by atoms with Crippen LogP contribution in [-0.4, -0.2) is 5.11 Å². The molecule has 0 unspecified atom stereocenters. The molecular weight excluding hydrogens is 309 g/mol. The lowest BCUT2D eigenvalue weighted by atomic mass is 10.1. The van der Waals surface area contributed by atoms with Crippen molar-refractivity contribution in [1.82, 2.24) is 5.32 Å². The van der Waals surface area contributed by atoms with Crippen LogP contribution >= 0.6 is 15.9 Å². The maximum absolute atomic E-state index is 13.2. The van der Waals surface area contributed by atoms with Crippen LogP contribution in [0.3, 0.4) is 0 Å². The van der Waals surface area contributed by atoms with E-state index in [1.54, 1.807) is 6.07 Å². The van der Waals surface area contributed by atoms with Gasteiger partial charge < -0.3 is 10.4 Å². The molecule has 0 aliphatic heterocycles. The summed E-state index contributed by atoms with van der Waals surface area (Å²) in [5.41, 5.74) is 1.96. The molecule has 19 heavy (non-hydrogen) atoms. The molecule has 100 valence electrons. The van der Waals surface area contributed by atoms with E-state index < -0.39 is 5.82 Å². The molecular formula is C15H15BrFNO. The number of rotatable bonds is 4. The highest BCUT2D eigenvalue weighted by molar-refractivity contribution is 9.10. The van der Waals surface area contributed by atoms with Crippen LogP contribution in [0.25, 0.3) is 0 Å². The van der Waals surface area contributed by atoms with Gasteiger partial charge in [0, 0.05) is 17.1 Å². The molecule has 0 saturated carbocycles. The minimum absolute atomic E-state index is 0.161. The topological polar surface area (TPSA) is 32.3 Å². The first-order valence-corrected chi connectivity index (χ1v) is 6.82. The fourth-order valence-corrected chi connectivity index (χ4v) is 2.24. The van der Waals surface area contributed by atoms with Crippen molar-refractivity contribution < 1.29 is 9.50 Å². The molecule has 0 aliphatic rings. The van der Waals surface area contributed by atoms with Crippen LogP contribution < -0.4 is 5.32 Å². The third-order valence-electron chi connectivity index (χ3n) is 2.97. The van der Waals surface area contributed by atoms with Gasteiger partial charge in [0.25, 0.3) is 0 Å². The molecule has 0 bridgehead atoms.